The highest BCUT2D eigenvalue weighted by Gasteiger charge is 2.17. The monoisotopic (exact) mass is 533 g/mol. The molecular formula is C28H21Cl2N3O2S. The quantitative estimate of drug-likeness (QED) is 0.247. The van der Waals surface area contributed by atoms with Gasteiger partial charge < -0.3 is 10.1 Å². The Hall–Kier alpha value is -3.50. The fourth-order valence-corrected chi connectivity index (χ4v) is 4.61. The number of carbonyl (C=O) groups excluding carboxylic acids is 1. The average molecular weight is 534 g/mol. The number of pyridine rings is 1. The van der Waals surface area contributed by atoms with E-state index in [1.807, 2.05) is 55.5 Å². The topological polar surface area (TPSA) is 75.0 Å². The summed E-state index contributed by atoms with van der Waals surface area (Å²) in [6, 6.07) is 24.3. The van der Waals surface area contributed by atoms with Crippen molar-refractivity contribution in [3.05, 3.63) is 94.0 Å². The summed E-state index contributed by atoms with van der Waals surface area (Å²) in [7, 11) is 1.61. The third-order valence-corrected chi connectivity index (χ3v) is 7.07. The minimum Gasteiger partial charge on any atom is -0.497 e. The Morgan fingerprint density at radius 3 is 2.36 bits per heavy atom. The van der Waals surface area contributed by atoms with Crippen molar-refractivity contribution in [2.75, 3.05) is 18.2 Å². The molecule has 0 atom stereocenters. The highest BCUT2D eigenvalue weighted by atomic mass is 35.5. The zero-order valence-corrected chi connectivity index (χ0v) is 21.8. The Balaban J connectivity index is 1.68. The fraction of sp³-hybridized carbons (Fsp3) is 0.107. The van der Waals surface area contributed by atoms with Crippen molar-refractivity contribution in [3.8, 4) is 34.2 Å². The van der Waals surface area contributed by atoms with Crippen molar-refractivity contribution >= 4 is 46.6 Å². The van der Waals surface area contributed by atoms with Gasteiger partial charge in [-0.15, -0.1) is 0 Å². The van der Waals surface area contributed by atoms with Gasteiger partial charge in [-0.25, -0.2) is 4.98 Å². The number of nitrogens with zero attached hydrogens (tertiary/aromatic N) is 2. The molecule has 0 radical (unpaired) electrons. The number of amides is 1. The number of rotatable bonds is 7. The highest BCUT2D eigenvalue weighted by molar-refractivity contribution is 8.00. The van der Waals surface area contributed by atoms with Crippen LogP contribution < -0.4 is 10.1 Å². The third kappa shape index (κ3) is 6.00. The maximum Gasteiger partial charge on any atom is 0.234 e. The van der Waals surface area contributed by atoms with E-state index in [9.17, 15) is 10.1 Å². The van der Waals surface area contributed by atoms with Gasteiger partial charge in [0.05, 0.1) is 24.1 Å². The van der Waals surface area contributed by atoms with Crippen molar-refractivity contribution in [1.29, 1.82) is 5.26 Å². The van der Waals surface area contributed by atoms with Crippen LogP contribution in [-0.2, 0) is 4.79 Å². The second-order valence-electron chi connectivity index (χ2n) is 7.88. The van der Waals surface area contributed by atoms with Crippen LogP contribution in [0.1, 0.15) is 11.1 Å². The van der Waals surface area contributed by atoms with E-state index in [0.29, 0.717) is 37.6 Å². The molecule has 1 heterocycles. The van der Waals surface area contributed by atoms with Gasteiger partial charge in [-0.05, 0) is 72.6 Å². The van der Waals surface area contributed by atoms with Crippen LogP contribution >= 0.6 is 35.0 Å². The minimum absolute atomic E-state index is 0.0687. The van der Waals surface area contributed by atoms with Crippen molar-refractivity contribution in [2.24, 2.45) is 0 Å². The summed E-state index contributed by atoms with van der Waals surface area (Å²) in [6.07, 6.45) is 0. The zero-order valence-electron chi connectivity index (χ0n) is 19.5. The van der Waals surface area contributed by atoms with E-state index in [4.69, 9.17) is 32.9 Å². The normalized spacial score (nSPS) is 10.5. The maximum absolute atomic E-state index is 12.7. The third-order valence-electron chi connectivity index (χ3n) is 5.43. The lowest BCUT2D eigenvalue weighted by atomic mass is 9.99. The van der Waals surface area contributed by atoms with Gasteiger partial charge in [-0.1, -0.05) is 53.2 Å². The summed E-state index contributed by atoms with van der Waals surface area (Å²) in [5.41, 5.74) is 5.00. The summed E-state index contributed by atoms with van der Waals surface area (Å²) in [4.78, 5) is 17.4. The largest absolute Gasteiger partial charge is 0.497 e. The molecule has 36 heavy (non-hydrogen) atoms. The van der Waals surface area contributed by atoms with E-state index in [2.05, 4.69) is 11.4 Å². The molecule has 5 nitrogen and oxygen atoms in total. The molecule has 180 valence electrons. The number of hydrogen-bond donors (Lipinski definition) is 1. The first kappa shape index (κ1) is 25.6. The summed E-state index contributed by atoms with van der Waals surface area (Å²) in [6.45, 7) is 1.90. The Kier molecular flexibility index (Phi) is 8.17. The van der Waals surface area contributed by atoms with Crippen LogP contribution in [-0.4, -0.2) is 23.8 Å². The van der Waals surface area contributed by atoms with E-state index in [1.165, 1.54) is 11.8 Å². The molecule has 3 aromatic carbocycles. The van der Waals surface area contributed by atoms with Crippen LogP contribution in [0.3, 0.4) is 0 Å². The molecule has 0 unspecified atom stereocenters. The Labute approximate surface area is 224 Å². The smallest absolute Gasteiger partial charge is 0.234 e. The van der Waals surface area contributed by atoms with Crippen molar-refractivity contribution in [2.45, 2.75) is 11.9 Å². The number of thioether (sulfide) groups is 1. The van der Waals surface area contributed by atoms with Crippen LogP contribution in [0.5, 0.6) is 5.75 Å². The van der Waals surface area contributed by atoms with E-state index >= 15 is 0 Å². The van der Waals surface area contributed by atoms with Crippen LogP contribution in [0.4, 0.5) is 5.69 Å². The number of anilines is 1. The number of benzene rings is 3. The van der Waals surface area contributed by atoms with E-state index in [0.717, 1.165) is 22.4 Å². The van der Waals surface area contributed by atoms with Crippen molar-refractivity contribution < 1.29 is 9.53 Å². The van der Waals surface area contributed by atoms with Gasteiger partial charge in [0.1, 0.15) is 16.8 Å². The first-order valence-electron chi connectivity index (χ1n) is 10.9. The lowest BCUT2D eigenvalue weighted by Gasteiger charge is -2.13. The van der Waals surface area contributed by atoms with Crippen LogP contribution in [0, 0.1) is 18.3 Å². The predicted molar refractivity (Wildman–Crippen MR) is 147 cm³/mol. The molecular weight excluding hydrogens is 513 g/mol. The van der Waals surface area contributed by atoms with Gasteiger partial charge in [0.25, 0.3) is 0 Å². The number of aromatic nitrogens is 1. The van der Waals surface area contributed by atoms with E-state index < -0.39 is 0 Å². The molecule has 4 rings (SSSR count). The number of methoxy groups -OCH3 is 1. The van der Waals surface area contributed by atoms with Gasteiger partial charge in [-0.2, -0.15) is 5.26 Å². The fourth-order valence-electron chi connectivity index (χ4n) is 3.50. The Morgan fingerprint density at radius 1 is 1.03 bits per heavy atom. The molecule has 0 aliphatic carbocycles. The van der Waals surface area contributed by atoms with Crippen molar-refractivity contribution in [3.63, 3.8) is 0 Å². The van der Waals surface area contributed by atoms with Gasteiger partial charge in [0.2, 0.25) is 5.91 Å². The summed E-state index contributed by atoms with van der Waals surface area (Å²) < 4.78 is 5.26. The average Bonchev–Trinajstić information content (AvgIpc) is 2.89. The lowest BCUT2D eigenvalue weighted by molar-refractivity contribution is -0.113. The number of ether oxygens (including phenoxy) is 1. The zero-order chi connectivity index (χ0) is 25.7. The van der Waals surface area contributed by atoms with Gasteiger partial charge >= 0.3 is 0 Å². The summed E-state index contributed by atoms with van der Waals surface area (Å²) in [5, 5.41) is 14.5. The highest BCUT2D eigenvalue weighted by Crippen LogP contribution is 2.35. The molecule has 1 aromatic heterocycles. The standard InChI is InChI=1S/C28H21Cl2N3O2S/c1-17-3-10-21(13-25(17)30)32-27(34)16-36-28-24(15-31)23(18-4-8-20(29)9-5-18)14-26(33-28)19-6-11-22(35-2)12-7-19/h3-14H,16H2,1-2H3,(H,32,34). The molecule has 4 aromatic rings. The first-order chi connectivity index (χ1) is 17.4. The van der Waals surface area contributed by atoms with Crippen LogP contribution in [0.25, 0.3) is 22.4 Å². The van der Waals surface area contributed by atoms with Gasteiger partial charge in [0.15, 0.2) is 0 Å². The van der Waals surface area contributed by atoms with Crippen LogP contribution in [0.2, 0.25) is 10.0 Å². The van der Waals surface area contributed by atoms with Gasteiger partial charge in [-0.3, -0.25) is 4.79 Å². The SMILES string of the molecule is COc1ccc(-c2cc(-c3ccc(Cl)cc3)c(C#N)c(SCC(=O)Nc3ccc(C)c(Cl)c3)n2)cc1. The van der Waals surface area contributed by atoms with E-state index in [-0.39, 0.29) is 11.7 Å². The predicted octanol–water partition coefficient (Wildman–Crippen LogP) is 7.64. The van der Waals surface area contributed by atoms with Gasteiger partial charge in [0, 0.05) is 26.9 Å². The second kappa shape index (κ2) is 11.5. The minimum atomic E-state index is -0.228. The molecule has 0 spiro atoms. The molecule has 8 heteroatoms. The molecule has 0 aliphatic heterocycles. The Morgan fingerprint density at radius 2 is 1.72 bits per heavy atom. The lowest BCUT2D eigenvalue weighted by Crippen LogP contribution is -2.14. The molecule has 0 fully saturated rings. The summed E-state index contributed by atoms with van der Waals surface area (Å²) >= 11 is 13.5. The molecule has 1 N–H and O–H groups in total. The summed E-state index contributed by atoms with van der Waals surface area (Å²) in [5.74, 6) is 0.570. The number of halogens is 2. The number of carbonyl (C=O) groups is 1. The number of hydrogen-bond acceptors (Lipinski definition) is 5. The maximum atomic E-state index is 12.7. The molecule has 0 bridgehead atoms. The number of nitriles is 1. The number of aryl methyl sites for hydroxylation is 1. The van der Waals surface area contributed by atoms with Crippen LogP contribution in [0.15, 0.2) is 77.8 Å². The molecule has 0 saturated heterocycles. The Bertz CT molecular complexity index is 1450. The number of nitrogens with one attached hydrogen (secondary N) is 1. The molecule has 0 aliphatic rings. The van der Waals surface area contributed by atoms with E-state index in [1.54, 1.807) is 31.4 Å². The second-order valence-corrected chi connectivity index (χ2v) is 9.69. The molecule has 1 amide bonds. The first-order valence-corrected chi connectivity index (χ1v) is 12.7. The van der Waals surface area contributed by atoms with Crippen molar-refractivity contribution in [1.82, 2.24) is 4.98 Å². The molecule has 0 saturated carbocycles.